The third-order valence-corrected chi connectivity index (χ3v) is 2.53. The molecule has 0 aliphatic carbocycles. The van der Waals surface area contributed by atoms with Crippen LogP contribution in [0.25, 0.3) is 0 Å². The molecule has 0 aromatic rings. The highest BCUT2D eigenvalue weighted by molar-refractivity contribution is 14.1. The van der Waals surface area contributed by atoms with Gasteiger partial charge >= 0.3 is 6.18 Å². The Kier molecular flexibility index (Phi) is 2.65. The second kappa shape index (κ2) is 3.06. The summed E-state index contributed by atoms with van der Waals surface area (Å²) in [6.07, 6.45) is -4.14. The lowest BCUT2D eigenvalue weighted by molar-refractivity contribution is -0.172. The van der Waals surface area contributed by atoms with Gasteiger partial charge in [-0.25, -0.2) is 3.11 Å². The lowest BCUT2D eigenvalue weighted by Gasteiger charge is -2.17. The van der Waals surface area contributed by atoms with E-state index in [1.165, 1.54) is 0 Å². The van der Waals surface area contributed by atoms with Crippen molar-refractivity contribution in [1.82, 2.24) is 3.11 Å². The molecule has 6 heteroatoms. The normalized spacial score (nSPS) is 34.6. The van der Waals surface area contributed by atoms with Crippen LogP contribution in [0, 0.1) is 5.92 Å². The molecule has 2 unspecified atom stereocenters. The topological polar surface area (TPSA) is 29.3 Å². The minimum atomic E-state index is -4.14. The van der Waals surface area contributed by atoms with Gasteiger partial charge in [0.25, 0.3) is 0 Å². The summed E-state index contributed by atoms with van der Waals surface area (Å²) in [7, 11) is 0. The number of rotatable bonds is 0. The maximum absolute atomic E-state index is 12.1. The number of hydrogen-bond donors (Lipinski definition) is 1. The molecule has 1 heterocycles. The Hall–Kier alpha value is 0.440. The Morgan fingerprint density at radius 2 is 1.91 bits per heavy atom. The summed E-state index contributed by atoms with van der Waals surface area (Å²) in [6.45, 7) is 0.343. The van der Waals surface area contributed by atoms with Crippen LogP contribution in [0.5, 0.6) is 0 Å². The third kappa shape index (κ3) is 2.19. The van der Waals surface area contributed by atoms with Crippen LogP contribution in [0.3, 0.4) is 0 Å². The zero-order chi connectivity index (χ0) is 8.65. The van der Waals surface area contributed by atoms with Gasteiger partial charge in [0.05, 0.1) is 5.92 Å². The Balaban J connectivity index is 2.60. The fourth-order valence-electron chi connectivity index (χ4n) is 1.13. The van der Waals surface area contributed by atoms with Gasteiger partial charge in [-0.15, -0.1) is 0 Å². The fraction of sp³-hybridized carbons (Fsp3) is 1.00. The van der Waals surface area contributed by atoms with Crippen LogP contribution in [0.2, 0.25) is 0 Å². The zero-order valence-corrected chi connectivity index (χ0v) is 7.76. The maximum atomic E-state index is 12.1. The predicted molar refractivity (Wildman–Crippen MR) is 43.1 cm³/mol. The monoisotopic (exact) mass is 280 g/mol. The van der Waals surface area contributed by atoms with Gasteiger partial charge in [0.2, 0.25) is 0 Å². The molecule has 1 saturated heterocycles. The van der Waals surface area contributed by atoms with Crippen LogP contribution in [0.15, 0.2) is 0 Å². The summed E-state index contributed by atoms with van der Waals surface area (Å²) in [4.78, 5) is 0. The number of nitrogens with two attached hydrogens (primary N) is 1. The maximum Gasteiger partial charge on any atom is 0.394 e. The first-order chi connectivity index (χ1) is 4.91. The number of halogens is 4. The number of alkyl halides is 3. The Bertz CT molecular complexity index is 149. The van der Waals surface area contributed by atoms with Crippen LogP contribution in [-0.2, 0) is 0 Å². The molecule has 66 valence electrons. The molecule has 0 aromatic heterocycles. The highest BCUT2D eigenvalue weighted by atomic mass is 127. The molecular weight excluding hydrogens is 272 g/mol. The molecule has 11 heavy (non-hydrogen) atoms. The fourth-order valence-corrected chi connectivity index (χ4v) is 2.00. The van der Waals surface area contributed by atoms with Crippen molar-refractivity contribution in [3.63, 3.8) is 0 Å². The SMILES string of the molecule is NC1CN(I)CC1C(F)(F)F. The Labute approximate surface area is 76.4 Å². The molecule has 1 aliphatic rings. The Morgan fingerprint density at radius 3 is 2.09 bits per heavy atom. The van der Waals surface area contributed by atoms with Crippen LogP contribution >= 0.6 is 22.9 Å². The van der Waals surface area contributed by atoms with E-state index in [2.05, 4.69) is 0 Å². The standard InChI is InChI=1S/C5H8F3IN2/c6-5(7,8)3-1-11(9)2-4(3)10/h3-4H,1-2,10H2. The molecule has 1 rings (SSSR count). The molecule has 2 N–H and O–H groups in total. The van der Waals surface area contributed by atoms with E-state index in [1.807, 2.05) is 22.9 Å². The highest BCUT2D eigenvalue weighted by Crippen LogP contribution is 2.33. The lowest BCUT2D eigenvalue weighted by atomic mass is 10.1. The quantitative estimate of drug-likeness (QED) is 0.533. The summed E-state index contributed by atoms with van der Waals surface area (Å²) in [5.41, 5.74) is 5.29. The van der Waals surface area contributed by atoms with Crippen molar-refractivity contribution in [2.45, 2.75) is 12.2 Å². The number of hydrogen-bond acceptors (Lipinski definition) is 2. The molecule has 0 aromatic carbocycles. The second-order valence-electron chi connectivity index (χ2n) is 2.64. The number of nitrogens with zero attached hydrogens (tertiary/aromatic N) is 1. The van der Waals surface area contributed by atoms with Crippen molar-refractivity contribution < 1.29 is 13.2 Å². The average molecular weight is 280 g/mol. The minimum Gasteiger partial charge on any atom is -0.326 e. The van der Waals surface area contributed by atoms with E-state index < -0.39 is 18.1 Å². The van der Waals surface area contributed by atoms with Crippen molar-refractivity contribution in [1.29, 1.82) is 0 Å². The van der Waals surface area contributed by atoms with Gasteiger partial charge in [-0.2, -0.15) is 13.2 Å². The van der Waals surface area contributed by atoms with Crippen LogP contribution in [-0.4, -0.2) is 28.4 Å². The van der Waals surface area contributed by atoms with Crippen molar-refractivity contribution in [3.8, 4) is 0 Å². The summed E-state index contributed by atoms with van der Waals surface area (Å²) in [5.74, 6) is -1.35. The smallest absolute Gasteiger partial charge is 0.326 e. The van der Waals surface area contributed by atoms with E-state index >= 15 is 0 Å². The first kappa shape index (κ1) is 9.53. The average Bonchev–Trinajstić information content (AvgIpc) is 2.08. The van der Waals surface area contributed by atoms with E-state index in [0.29, 0.717) is 6.54 Å². The van der Waals surface area contributed by atoms with E-state index in [1.54, 1.807) is 3.11 Å². The summed E-state index contributed by atoms with van der Waals surface area (Å²) < 4.78 is 37.8. The van der Waals surface area contributed by atoms with Gasteiger partial charge in [-0.05, 0) is 0 Å². The lowest BCUT2D eigenvalue weighted by Crippen LogP contribution is -2.38. The molecule has 0 radical (unpaired) electrons. The second-order valence-corrected chi connectivity index (χ2v) is 4.00. The van der Waals surface area contributed by atoms with Gasteiger partial charge < -0.3 is 5.73 Å². The summed E-state index contributed by atoms with van der Waals surface area (Å²) in [6, 6.07) is -0.758. The molecular formula is C5H8F3IN2. The van der Waals surface area contributed by atoms with Crippen molar-refractivity contribution in [2.75, 3.05) is 13.1 Å². The molecule has 1 fully saturated rings. The predicted octanol–water partition coefficient (Wildman–Crippen LogP) is 1.16. The highest BCUT2D eigenvalue weighted by Gasteiger charge is 2.47. The molecule has 0 saturated carbocycles. The van der Waals surface area contributed by atoms with Gasteiger partial charge in [-0.1, -0.05) is 0 Å². The Morgan fingerprint density at radius 1 is 1.36 bits per heavy atom. The first-order valence-electron chi connectivity index (χ1n) is 3.14. The molecule has 0 bridgehead atoms. The third-order valence-electron chi connectivity index (χ3n) is 1.74. The van der Waals surface area contributed by atoms with Crippen LogP contribution in [0.1, 0.15) is 0 Å². The van der Waals surface area contributed by atoms with Gasteiger partial charge in [0.15, 0.2) is 0 Å². The molecule has 1 aliphatic heterocycles. The zero-order valence-electron chi connectivity index (χ0n) is 5.61. The summed E-state index contributed by atoms with van der Waals surface area (Å²) >= 11 is 1.86. The van der Waals surface area contributed by atoms with Crippen molar-refractivity contribution in [2.24, 2.45) is 11.7 Å². The van der Waals surface area contributed by atoms with Crippen molar-refractivity contribution >= 4 is 22.9 Å². The van der Waals surface area contributed by atoms with Crippen LogP contribution in [0.4, 0.5) is 13.2 Å². The van der Waals surface area contributed by atoms with E-state index in [4.69, 9.17) is 5.73 Å². The molecule has 0 amide bonds. The van der Waals surface area contributed by atoms with E-state index in [0.717, 1.165) is 0 Å². The minimum absolute atomic E-state index is 0.0191. The van der Waals surface area contributed by atoms with Gasteiger partial charge in [0, 0.05) is 42.0 Å². The molecule has 0 spiro atoms. The van der Waals surface area contributed by atoms with E-state index in [9.17, 15) is 13.2 Å². The van der Waals surface area contributed by atoms with Crippen LogP contribution < -0.4 is 5.73 Å². The largest absolute Gasteiger partial charge is 0.394 e. The molecule has 2 atom stereocenters. The first-order valence-corrected chi connectivity index (χ1v) is 4.11. The van der Waals surface area contributed by atoms with E-state index in [-0.39, 0.29) is 6.54 Å². The molecule has 2 nitrogen and oxygen atoms in total. The summed E-state index contributed by atoms with van der Waals surface area (Å²) in [5, 5.41) is 0. The van der Waals surface area contributed by atoms with Crippen molar-refractivity contribution in [3.05, 3.63) is 0 Å². The van der Waals surface area contributed by atoms with Gasteiger partial charge in [0.1, 0.15) is 0 Å². The van der Waals surface area contributed by atoms with Gasteiger partial charge in [-0.3, -0.25) is 0 Å².